The van der Waals surface area contributed by atoms with E-state index < -0.39 is 71.7 Å². The number of benzene rings is 1. The monoisotopic (exact) mass is 712 g/mol. The summed E-state index contributed by atoms with van der Waals surface area (Å²) in [6, 6.07) is 0.287. The highest BCUT2D eigenvalue weighted by molar-refractivity contribution is 5.98. The highest BCUT2D eigenvalue weighted by atomic mass is 16.3. The topological polar surface area (TPSA) is 186 Å². The lowest BCUT2D eigenvalue weighted by atomic mass is 9.97. The van der Waals surface area contributed by atoms with Crippen LogP contribution in [-0.4, -0.2) is 88.2 Å². The molecule has 0 aromatic heterocycles. The second-order valence-corrected chi connectivity index (χ2v) is 15.9. The van der Waals surface area contributed by atoms with Gasteiger partial charge in [0.1, 0.15) is 42.0 Å². The summed E-state index contributed by atoms with van der Waals surface area (Å²) in [4.78, 5) is 85.3. The highest BCUT2D eigenvalue weighted by Gasteiger charge is 2.41. The highest BCUT2D eigenvalue weighted by Crippen LogP contribution is 2.22. The van der Waals surface area contributed by atoms with Gasteiger partial charge in [0.05, 0.1) is 0 Å². The number of phenolic OH excluding ortho intramolecular Hbond substituents is 1. The fraction of sp³-hybridized carbons (Fsp3) is 0.684. The molecule has 2 aliphatic rings. The van der Waals surface area contributed by atoms with Crippen molar-refractivity contribution < 1.29 is 33.9 Å². The average molecular weight is 713 g/mol. The van der Waals surface area contributed by atoms with Gasteiger partial charge in [-0.05, 0) is 79.9 Å². The van der Waals surface area contributed by atoms with Gasteiger partial charge in [-0.25, -0.2) is 0 Å². The molecule has 0 unspecified atom stereocenters. The molecule has 284 valence electrons. The molecule has 0 radical (unpaired) electrons. The lowest BCUT2D eigenvalue weighted by Crippen LogP contribution is -2.61. The molecule has 2 fully saturated rings. The first kappa shape index (κ1) is 41.3. The number of fused-ring (bicyclic) bond motifs is 1. The molecule has 3 rings (SSSR count). The van der Waals surface area contributed by atoms with Crippen LogP contribution in [0.15, 0.2) is 24.3 Å². The summed E-state index contributed by atoms with van der Waals surface area (Å²) in [5.74, 6) is -3.03. The number of hydrogen-bond donors (Lipinski definition) is 6. The van der Waals surface area contributed by atoms with E-state index in [0.29, 0.717) is 37.8 Å². The number of nitrogens with zero attached hydrogens (tertiary/aromatic N) is 1. The summed E-state index contributed by atoms with van der Waals surface area (Å²) in [5.41, 5.74) is 0.656. The fourth-order valence-electron chi connectivity index (χ4n) is 6.74. The van der Waals surface area contributed by atoms with Crippen molar-refractivity contribution in [2.45, 2.75) is 137 Å². The van der Waals surface area contributed by atoms with Gasteiger partial charge in [-0.1, -0.05) is 67.5 Å². The van der Waals surface area contributed by atoms with Crippen molar-refractivity contribution >= 4 is 35.4 Å². The zero-order valence-corrected chi connectivity index (χ0v) is 31.6. The Morgan fingerprint density at radius 3 is 1.37 bits per heavy atom. The number of nitrogens with one attached hydrogen (secondary N) is 5. The van der Waals surface area contributed by atoms with E-state index in [1.54, 1.807) is 12.1 Å². The Bertz CT molecular complexity index is 1380. The predicted molar refractivity (Wildman–Crippen MR) is 194 cm³/mol. The van der Waals surface area contributed by atoms with Crippen molar-refractivity contribution in [1.29, 1.82) is 0 Å². The van der Waals surface area contributed by atoms with Gasteiger partial charge in [0.2, 0.25) is 35.4 Å². The van der Waals surface area contributed by atoms with Crippen molar-refractivity contribution in [3.63, 3.8) is 0 Å². The molecule has 13 nitrogen and oxygen atoms in total. The number of carbonyl (C=O) groups is 6. The number of carbonyl (C=O) groups excluding carboxylic acids is 6. The van der Waals surface area contributed by atoms with Gasteiger partial charge in [-0.3, -0.25) is 28.8 Å². The first-order valence-electron chi connectivity index (χ1n) is 18.5. The molecule has 2 heterocycles. The smallest absolute Gasteiger partial charge is 0.245 e. The Morgan fingerprint density at radius 2 is 0.941 bits per heavy atom. The molecule has 0 bridgehead atoms. The zero-order valence-electron chi connectivity index (χ0n) is 31.6. The van der Waals surface area contributed by atoms with E-state index in [9.17, 15) is 33.9 Å². The molecule has 2 saturated heterocycles. The van der Waals surface area contributed by atoms with E-state index >= 15 is 0 Å². The number of aromatic hydroxyl groups is 1. The van der Waals surface area contributed by atoms with E-state index in [2.05, 4.69) is 26.6 Å². The second-order valence-electron chi connectivity index (χ2n) is 15.9. The van der Waals surface area contributed by atoms with Gasteiger partial charge in [0, 0.05) is 13.0 Å². The van der Waals surface area contributed by atoms with Gasteiger partial charge < -0.3 is 36.6 Å². The van der Waals surface area contributed by atoms with Crippen LogP contribution < -0.4 is 26.6 Å². The third-order valence-corrected chi connectivity index (χ3v) is 9.19. The van der Waals surface area contributed by atoms with E-state index in [4.69, 9.17) is 0 Å². The van der Waals surface area contributed by atoms with Crippen LogP contribution in [0.3, 0.4) is 0 Å². The van der Waals surface area contributed by atoms with Crippen molar-refractivity contribution in [3.05, 3.63) is 29.8 Å². The van der Waals surface area contributed by atoms with Gasteiger partial charge >= 0.3 is 0 Å². The molecule has 1 aromatic carbocycles. The molecule has 51 heavy (non-hydrogen) atoms. The Hall–Kier alpha value is -4.16. The molecule has 6 atom stereocenters. The van der Waals surface area contributed by atoms with Crippen molar-refractivity contribution in [3.8, 4) is 5.75 Å². The Labute approximate surface area is 302 Å². The number of amides is 6. The van der Waals surface area contributed by atoms with Crippen molar-refractivity contribution in [2.75, 3.05) is 6.54 Å². The number of hydrogen-bond acceptors (Lipinski definition) is 7. The minimum Gasteiger partial charge on any atom is -0.508 e. The Kier molecular flexibility index (Phi) is 15.3. The van der Waals surface area contributed by atoms with Gasteiger partial charge in [0.25, 0.3) is 0 Å². The molecular weight excluding hydrogens is 652 g/mol. The largest absolute Gasteiger partial charge is 0.508 e. The summed E-state index contributed by atoms with van der Waals surface area (Å²) in [7, 11) is 0. The average Bonchev–Trinajstić information content (AvgIpc) is 3.52. The van der Waals surface area contributed by atoms with E-state index in [1.165, 1.54) is 17.0 Å². The molecule has 0 aliphatic carbocycles. The lowest BCUT2D eigenvalue weighted by Gasteiger charge is -2.32. The van der Waals surface area contributed by atoms with E-state index in [1.807, 2.05) is 55.4 Å². The normalized spacial score (nSPS) is 26.0. The lowest BCUT2D eigenvalue weighted by molar-refractivity contribution is -0.143. The van der Waals surface area contributed by atoms with Crippen LogP contribution in [0.2, 0.25) is 0 Å². The summed E-state index contributed by atoms with van der Waals surface area (Å²) in [5, 5.41) is 24.1. The van der Waals surface area contributed by atoms with Crippen LogP contribution >= 0.6 is 0 Å². The molecule has 1 aromatic rings. The van der Waals surface area contributed by atoms with Crippen LogP contribution in [-0.2, 0) is 35.2 Å². The Morgan fingerprint density at radius 1 is 0.569 bits per heavy atom. The third kappa shape index (κ3) is 12.5. The molecule has 13 heteroatoms. The van der Waals surface area contributed by atoms with Gasteiger partial charge in [0.15, 0.2) is 0 Å². The number of phenols is 1. The molecule has 0 spiro atoms. The molecule has 0 saturated carbocycles. The van der Waals surface area contributed by atoms with Crippen LogP contribution in [0.25, 0.3) is 0 Å². The third-order valence-electron chi connectivity index (χ3n) is 9.19. The maximum atomic E-state index is 14.2. The molecule has 6 amide bonds. The van der Waals surface area contributed by atoms with Gasteiger partial charge in [-0.15, -0.1) is 0 Å². The maximum Gasteiger partial charge on any atom is 0.245 e. The first-order chi connectivity index (χ1) is 23.9. The molecule has 2 aliphatic heterocycles. The molecule has 6 N–H and O–H groups in total. The minimum atomic E-state index is -1.13. The van der Waals surface area contributed by atoms with Crippen LogP contribution in [0.4, 0.5) is 0 Å². The second kappa shape index (κ2) is 18.9. The summed E-state index contributed by atoms with van der Waals surface area (Å²) in [6.07, 6.45) is 2.12. The Balaban J connectivity index is 2.11. The fourth-order valence-corrected chi connectivity index (χ4v) is 6.74. The van der Waals surface area contributed by atoms with Crippen LogP contribution in [0.5, 0.6) is 5.75 Å². The van der Waals surface area contributed by atoms with Crippen molar-refractivity contribution in [2.24, 2.45) is 23.7 Å². The maximum absolute atomic E-state index is 14.2. The first-order valence-corrected chi connectivity index (χ1v) is 18.5. The van der Waals surface area contributed by atoms with Crippen LogP contribution in [0.1, 0.15) is 99.5 Å². The summed E-state index contributed by atoms with van der Waals surface area (Å²) in [6.45, 7) is 15.7. The zero-order chi connectivity index (χ0) is 38.0. The van der Waals surface area contributed by atoms with Crippen molar-refractivity contribution in [1.82, 2.24) is 31.5 Å². The molecular formula is C38H60N6O7. The number of rotatable bonds is 10. The predicted octanol–water partition coefficient (Wildman–Crippen LogP) is 2.55. The van der Waals surface area contributed by atoms with Crippen LogP contribution in [0, 0.1) is 23.7 Å². The van der Waals surface area contributed by atoms with E-state index in [0.717, 1.165) is 0 Å². The minimum absolute atomic E-state index is 0.000719. The standard InChI is InChI=1S/C38H60N6O7/c1-21(2)16-27-33(46)40-29(18-23(5)6)35(48)43-31(19-24(7)8)38(51)44-15-9-10-32(44)37(50)42-30(20-25-11-13-26(45)14-12-25)36(49)41-28(17-22(3)4)34(47)39-27/h11-14,21-24,27-32,45H,9-10,15-20H2,1-8H3,(H,39,47)(H,40,46)(H,41,49)(H,42,50)(H,43,48)/t27-,28-,29-,30-,31-,32-/m0/s1. The van der Waals surface area contributed by atoms with E-state index in [-0.39, 0.29) is 48.7 Å². The summed E-state index contributed by atoms with van der Waals surface area (Å²) < 4.78 is 0. The quantitative estimate of drug-likeness (QED) is 0.215. The summed E-state index contributed by atoms with van der Waals surface area (Å²) >= 11 is 0. The SMILES string of the molecule is CC(C)C[C@@H]1NC(=O)[C@H](CC(C)C)NC(=O)[C@H](Cc2ccc(O)cc2)NC(=O)[C@@H]2CCCN2C(=O)[C@H](CC(C)C)NC(=O)[C@H](CC(C)C)NC1=O. The van der Waals surface area contributed by atoms with Gasteiger partial charge in [-0.2, -0.15) is 0 Å².